The number of hydrogen-bond acceptors (Lipinski definition) is 3. The van der Waals surface area contributed by atoms with Gasteiger partial charge in [-0.3, -0.25) is 4.79 Å². The number of nitrogen functional groups attached to an aromatic ring is 1. The molecule has 1 aromatic rings. The predicted octanol–water partition coefficient (Wildman–Crippen LogP) is 3.40. The zero-order valence-electron chi connectivity index (χ0n) is 12.0. The van der Waals surface area contributed by atoms with Crippen molar-refractivity contribution in [3.8, 4) is 0 Å². The minimum Gasteiger partial charge on any atom is -0.399 e. The molecule has 0 aliphatic heterocycles. The Balaban J connectivity index is 2.19. The van der Waals surface area contributed by atoms with Crippen molar-refractivity contribution in [2.75, 3.05) is 11.1 Å². The number of benzene rings is 1. The van der Waals surface area contributed by atoms with Gasteiger partial charge in [0.05, 0.1) is 16.3 Å². The van der Waals surface area contributed by atoms with Gasteiger partial charge < -0.3 is 16.8 Å². The number of halogens is 1. The van der Waals surface area contributed by atoms with Crippen LogP contribution in [0.5, 0.6) is 0 Å². The number of carbonyl (C=O) groups excluding carboxylic acids is 1. The number of rotatable bonds is 3. The molecule has 4 nitrogen and oxygen atoms in total. The van der Waals surface area contributed by atoms with E-state index < -0.39 is 5.91 Å². The molecular weight excluding hydrogens is 274 g/mol. The van der Waals surface area contributed by atoms with E-state index in [-0.39, 0.29) is 0 Å². The van der Waals surface area contributed by atoms with Gasteiger partial charge in [-0.05, 0) is 43.2 Å². The van der Waals surface area contributed by atoms with Crippen LogP contribution >= 0.6 is 11.6 Å². The van der Waals surface area contributed by atoms with E-state index in [0.717, 1.165) is 25.7 Å². The van der Waals surface area contributed by atoms with Crippen LogP contribution in [0.4, 0.5) is 11.4 Å². The van der Waals surface area contributed by atoms with Crippen LogP contribution in [-0.2, 0) is 0 Å². The Morgan fingerprint density at radius 2 is 1.95 bits per heavy atom. The molecule has 1 aliphatic carbocycles. The van der Waals surface area contributed by atoms with Gasteiger partial charge in [0, 0.05) is 11.7 Å². The molecule has 5 N–H and O–H groups in total. The lowest BCUT2D eigenvalue weighted by atomic mass is 9.75. The Bertz CT molecular complexity index is 518. The third-order valence-electron chi connectivity index (χ3n) is 4.07. The van der Waals surface area contributed by atoms with Crippen molar-refractivity contribution in [3.63, 3.8) is 0 Å². The summed E-state index contributed by atoms with van der Waals surface area (Å²) in [5.41, 5.74) is 12.9. The van der Waals surface area contributed by atoms with Gasteiger partial charge in [-0.25, -0.2) is 0 Å². The number of hydrogen-bond donors (Lipinski definition) is 3. The highest BCUT2D eigenvalue weighted by Gasteiger charge is 2.27. The van der Waals surface area contributed by atoms with Crippen molar-refractivity contribution in [1.82, 2.24) is 0 Å². The predicted molar refractivity (Wildman–Crippen MR) is 84.0 cm³/mol. The number of nitrogens with one attached hydrogen (secondary N) is 1. The maximum atomic E-state index is 11.5. The van der Waals surface area contributed by atoms with Gasteiger partial charge >= 0.3 is 0 Å². The number of primary amides is 1. The summed E-state index contributed by atoms with van der Waals surface area (Å²) in [6.07, 6.45) is 4.43. The molecule has 0 aromatic heterocycles. The summed E-state index contributed by atoms with van der Waals surface area (Å²) in [6.45, 7) is 4.57. The molecule has 110 valence electrons. The first-order valence-corrected chi connectivity index (χ1v) is 7.32. The number of nitrogens with two attached hydrogens (primary N) is 2. The molecule has 2 rings (SSSR count). The Morgan fingerprint density at radius 3 is 2.50 bits per heavy atom. The van der Waals surface area contributed by atoms with E-state index >= 15 is 0 Å². The molecule has 1 aromatic carbocycles. The third-order valence-corrected chi connectivity index (χ3v) is 4.36. The van der Waals surface area contributed by atoms with Gasteiger partial charge in [0.2, 0.25) is 0 Å². The van der Waals surface area contributed by atoms with Crippen molar-refractivity contribution in [3.05, 3.63) is 22.7 Å². The van der Waals surface area contributed by atoms with Gasteiger partial charge in [0.15, 0.2) is 0 Å². The van der Waals surface area contributed by atoms with Crippen molar-refractivity contribution < 1.29 is 4.79 Å². The minimum absolute atomic E-state index is 0.322. The standard InChI is InChI=1S/C15H22ClN3O/c1-15(2)5-3-10(4-6-15)19-13-11(14(18)20)7-9(17)8-12(13)16/h7-8,10,19H,3-6,17H2,1-2H3,(H2,18,20). The summed E-state index contributed by atoms with van der Waals surface area (Å²) in [4.78, 5) is 11.5. The second kappa shape index (κ2) is 5.52. The first-order chi connectivity index (χ1) is 9.28. The summed E-state index contributed by atoms with van der Waals surface area (Å²) in [5, 5.41) is 3.82. The van der Waals surface area contributed by atoms with Crippen molar-refractivity contribution in [1.29, 1.82) is 0 Å². The fraction of sp³-hybridized carbons (Fsp3) is 0.533. The minimum atomic E-state index is -0.516. The Hall–Kier alpha value is -1.42. The highest BCUT2D eigenvalue weighted by atomic mass is 35.5. The van der Waals surface area contributed by atoms with Crippen LogP contribution in [0.3, 0.4) is 0 Å². The number of anilines is 2. The van der Waals surface area contributed by atoms with Crippen molar-refractivity contribution >= 4 is 28.9 Å². The Morgan fingerprint density at radius 1 is 1.35 bits per heavy atom. The van der Waals surface area contributed by atoms with E-state index in [4.69, 9.17) is 23.1 Å². The van der Waals surface area contributed by atoms with Gasteiger partial charge in [0.25, 0.3) is 5.91 Å². The fourth-order valence-corrected chi connectivity index (χ4v) is 3.00. The van der Waals surface area contributed by atoms with E-state index in [2.05, 4.69) is 19.2 Å². The monoisotopic (exact) mass is 295 g/mol. The lowest BCUT2D eigenvalue weighted by molar-refractivity contribution is 0.100. The fourth-order valence-electron chi connectivity index (χ4n) is 2.72. The SMILES string of the molecule is CC1(C)CCC(Nc2c(Cl)cc(N)cc2C(N)=O)CC1. The van der Waals surface area contributed by atoms with Gasteiger partial charge in [-0.2, -0.15) is 0 Å². The second-order valence-electron chi connectivity index (χ2n) is 6.37. The molecule has 1 saturated carbocycles. The van der Waals surface area contributed by atoms with Gasteiger partial charge in [-0.1, -0.05) is 25.4 Å². The quantitative estimate of drug-likeness (QED) is 0.748. The number of amides is 1. The molecule has 1 fully saturated rings. The highest BCUT2D eigenvalue weighted by Crippen LogP contribution is 2.38. The van der Waals surface area contributed by atoms with Gasteiger partial charge in [0.1, 0.15) is 0 Å². The first-order valence-electron chi connectivity index (χ1n) is 6.94. The average Bonchev–Trinajstić information content (AvgIpc) is 2.34. The van der Waals surface area contributed by atoms with E-state index in [1.165, 1.54) is 0 Å². The lowest BCUT2D eigenvalue weighted by Gasteiger charge is -2.35. The summed E-state index contributed by atoms with van der Waals surface area (Å²) in [6, 6.07) is 3.54. The van der Waals surface area contributed by atoms with E-state index in [9.17, 15) is 4.79 Å². The van der Waals surface area contributed by atoms with Crippen LogP contribution < -0.4 is 16.8 Å². The normalized spacial score (nSPS) is 18.8. The van der Waals surface area contributed by atoms with Crippen LogP contribution in [0, 0.1) is 5.41 Å². The molecule has 20 heavy (non-hydrogen) atoms. The largest absolute Gasteiger partial charge is 0.399 e. The van der Waals surface area contributed by atoms with E-state index in [1.807, 2.05) is 0 Å². The molecule has 5 heteroatoms. The van der Waals surface area contributed by atoms with Crippen LogP contribution in [0.2, 0.25) is 5.02 Å². The van der Waals surface area contributed by atoms with E-state index in [1.54, 1.807) is 12.1 Å². The van der Waals surface area contributed by atoms with Crippen molar-refractivity contribution in [2.24, 2.45) is 11.1 Å². The topological polar surface area (TPSA) is 81.1 Å². The molecule has 1 aliphatic rings. The van der Waals surface area contributed by atoms with Crippen molar-refractivity contribution in [2.45, 2.75) is 45.6 Å². The third kappa shape index (κ3) is 3.37. The zero-order valence-corrected chi connectivity index (χ0v) is 12.8. The summed E-state index contributed by atoms with van der Waals surface area (Å²) in [7, 11) is 0. The van der Waals surface area contributed by atoms with Gasteiger partial charge in [-0.15, -0.1) is 0 Å². The molecular formula is C15H22ClN3O. The Labute approximate surface area is 124 Å². The maximum Gasteiger partial charge on any atom is 0.250 e. The first kappa shape index (κ1) is 15.0. The molecule has 0 atom stereocenters. The molecule has 0 heterocycles. The average molecular weight is 296 g/mol. The molecule has 1 amide bonds. The maximum absolute atomic E-state index is 11.5. The summed E-state index contributed by atoms with van der Waals surface area (Å²) >= 11 is 6.20. The molecule has 0 bridgehead atoms. The van der Waals surface area contributed by atoms with Crippen LogP contribution in [0.15, 0.2) is 12.1 Å². The van der Waals surface area contributed by atoms with E-state index in [0.29, 0.717) is 33.4 Å². The second-order valence-corrected chi connectivity index (χ2v) is 6.78. The van der Waals surface area contributed by atoms with Crippen LogP contribution in [-0.4, -0.2) is 11.9 Å². The molecule has 0 radical (unpaired) electrons. The smallest absolute Gasteiger partial charge is 0.250 e. The van der Waals surface area contributed by atoms with Crippen LogP contribution in [0.25, 0.3) is 0 Å². The number of carbonyl (C=O) groups is 1. The lowest BCUT2D eigenvalue weighted by Crippen LogP contribution is -2.31. The molecule has 0 spiro atoms. The van der Waals surface area contributed by atoms with Crippen LogP contribution in [0.1, 0.15) is 49.9 Å². The molecule has 0 saturated heterocycles. The summed E-state index contributed by atoms with van der Waals surface area (Å²) in [5.74, 6) is -0.516. The summed E-state index contributed by atoms with van der Waals surface area (Å²) < 4.78 is 0. The Kier molecular flexibility index (Phi) is 4.14. The highest BCUT2D eigenvalue weighted by molar-refractivity contribution is 6.34. The molecule has 0 unspecified atom stereocenters. The zero-order chi connectivity index (χ0) is 14.9.